The summed E-state index contributed by atoms with van der Waals surface area (Å²) >= 11 is 0. The van der Waals surface area contributed by atoms with Crippen LogP contribution in [0.25, 0.3) is 0 Å². The molecule has 4 N–H and O–H groups in total. The molecule has 0 aliphatic carbocycles. The highest BCUT2D eigenvalue weighted by Crippen LogP contribution is 2.35. The van der Waals surface area contributed by atoms with E-state index in [4.69, 9.17) is 5.73 Å². The Kier molecular flexibility index (Phi) is 5.89. The number of H-pyrrole nitrogens is 1. The molecule has 1 saturated heterocycles. The van der Waals surface area contributed by atoms with E-state index in [9.17, 15) is 14.0 Å². The number of primary amides is 1. The summed E-state index contributed by atoms with van der Waals surface area (Å²) in [7, 11) is 0. The van der Waals surface area contributed by atoms with Gasteiger partial charge in [0.15, 0.2) is 0 Å². The van der Waals surface area contributed by atoms with E-state index in [1.54, 1.807) is 36.2 Å². The second-order valence-electron chi connectivity index (χ2n) is 8.16. The van der Waals surface area contributed by atoms with E-state index in [2.05, 4.69) is 20.5 Å². The van der Waals surface area contributed by atoms with Crippen molar-refractivity contribution in [2.45, 2.75) is 26.2 Å². The zero-order valence-electron chi connectivity index (χ0n) is 17.8. The van der Waals surface area contributed by atoms with E-state index >= 15 is 0 Å². The first-order valence-electron chi connectivity index (χ1n) is 10.4. The summed E-state index contributed by atoms with van der Waals surface area (Å²) in [4.78, 5) is 31.5. The summed E-state index contributed by atoms with van der Waals surface area (Å²) in [6, 6.07) is 12.1. The molecule has 0 spiro atoms. The van der Waals surface area contributed by atoms with Gasteiger partial charge in [0.2, 0.25) is 5.91 Å². The SMILES string of the molecule is Cc1cccc(C(=O)N2CCC(Cc3cccc(Nc4ccn[nH]4)n3)(C(N)=O)CC2)c1F. The minimum absolute atomic E-state index is 0.0517. The number of rotatable bonds is 6. The fourth-order valence-electron chi connectivity index (χ4n) is 4.09. The van der Waals surface area contributed by atoms with Gasteiger partial charge in [0.1, 0.15) is 17.5 Å². The lowest BCUT2D eigenvalue weighted by molar-refractivity contribution is -0.130. The molecule has 32 heavy (non-hydrogen) atoms. The average Bonchev–Trinajstić information content (AvgIpc) is 3.29. The average molecular weight is 436 g/mol. The Morgan fingerprint density at radius 3 is 2.62 bits per heavy atom. The van der Waals surface area contributed by atoms with E-state index in [1.165, 1.54) is 6.07 Å². The minimum Gasteiger partial charge on any atom is -0.369 e. The maximum atomic E-state index is 14.4. The van der Waals surface area contributed by atoms with Crippen LogP contribution in [-0.4, -0.2) is 45.0 Å². The third-order valence-corrected chi connectivity index (χ3v) is 6.04. The van der Waals surface area contributed by atoms with Gasteiger partial charge in [-0.2, -0.15) is 5.10 Å². The monoisotopic (exact) mass is 436 g/mol. The highest BCUT2D eigenvalue weighted by Gasteiger charge is 2.41. The van der Waals surface area contributed by atoms with Gasteiger partial charge in [0, 0.05) is 31.3 Å². The molecule has 3 heterocycles. The van der Waals surface area contributed by atoms with Gasteiger partial charge in [-0.05, 0) is 43.5 Å². The third-order valence-electron chi connectivity index (χ3n) is 6.04. The Hall–Kier alpha value is -3.75. The van der Waals surface area contributed by atoms with Crippen molar-refractivity contribution in [1.29, 1.82) is 0 Å². The van der Waals surface area contributed by atoms with Crippen LogP contribution in [0.15, 0.2) is 48.7 Å². The van der Waals surface area contributed by atoms with Gasteiger partial charge in [-0.1, -0.05) is 18.2 Å². The number of halogens is 1. The molecule has 0 bridgehead atoms. The molecule has 0 saturated carbocycles. The Labute approximate surface area is 185 Å². The normalized spacial score (nSPS) is 15.4. The molecule has 1 aliphatic rings. The maximum absolute atomic E-state index is 14.4. The number of nitrogens with two attached hydrogens (primary N) is 1. The fraction of sp³-hybridized carbons (Fsp3) is 0.304. The zero-order chi connectivity index (χ0) is 22.7. The molecule has 8 nitrogen and oxygen atoms in total. The van der Waals surface area contributed by atoms with Crippen molar-refractivity contribution in [1.82, 2.24) is 20.1 Å². The van der Waals surface area contributed by atoms with Crippen molar-refractivity contribution in [2.24, 2.45) is 11.1 Å². The van der Waals surface area contributed by atoms with Gasteiger partial charge < -0.3 is 16.0 Å². The van der Waals surface area contributed by atoms with Crippen molar-refractivity contribution in [2.75, 3.05) is 18.4 Å². The van der Waals surface area contributed by atoms with Gasteiger partial charge in [-0.25, -0.2) is 9.37 Å². The predicted molar refractivity (Wildman–Crippen MR) is 118 cm³/mol. The van der Waals surface area contributed by atoms with Crippen molar-refractivity contribution in [3.05, 3.63) is 71.3 Å². The summed E-state index contributed by atoms with van der Waals surface area (Å²) in [6.45, 7) is 2.27. The number of carbonyl (C=O) groups is 2. The van der Waals surface area contributed by atoms with Gasteiger partial charge in [-0.3, -0.25) is 14.7 Å². The second kappa shape index (κ2) is 8.78. The Morgan fingerprint density at radius 2 is 1.94 bits per heavy atom. The van der Waals surface area contributed by atoms with Crippen LogP contribution in [0.2, 0.25) is 0 Å². The molecule has 9 heteroatoms. The van der Waals surface area contributed by atoms with Crippen molar-refractivity contribution < 1.29 is 14.0 Å². The number of pyridine rings is 1. The van der Waals surface area contributed by atoms with Crippen LogP contribution in [0.3, 0.4) is 0 Å². The van der Waals surface area contributed by atoms with Crippen LogP contribution in [0.5, 0.6) is 0 Å². The molecular weight excluding hydrogens is 411 g/mol. The molecule has 0 radical (unpaired) electrons. The largest absolute Gasteiger partial charge is 0.369 e. The standard InChI is InChI=1S/C23H25FN6O2/c1-15-4-2-6-17(20(15)24)21(31)30-12-9-23(10-13-30,22(25)32)14-16-5-3-7-18(27-16)28-19-8-11-26-29-19/h2-8,11H,9-10,12-14H2,1H3,(H2,25,32)(H2,26,27,28,29). The summed E-state index contributed by atoms with van der Waals surface area (Å²) in [5.74, 6) is 0.0339. The molecule has 0 unspecified atom stereocenters. The lowest BCUT2D eigenvalue weighted by Crippen LogP contribution is -2.50. The predicted octanol–water partition coefficient (Wildman–Crippen LogP) is 2.95. The number of hydrogen-bond donors (Lipinski definition) is 3. The molecule has 1 aliphatic heterocycles. The number of nitrogens with one attached hydrogen (secondary N) is 2. The van der Waals surface area contributed by atoms with Crippen molar-refractivity contribution >= 4 is 23.5 Å². The Bertz CT molecular complexity index is 1120. The molecule has 1 aromatic carbocycles. The number of carbonyl (C=O) groups excluding carboxylic acids is 2. The molecule has 166 valence electrons. The highest BCUT2D eigenvalue weighted by atomic mass is 19.1. The van der Waals surface area contributed by atoms with Crippen LogP contribution >= 0.6 is 0 Å². The third kappa shape index (κ3) is 4.32. The van der Waals surface area contributed by atoms with E-state index in [0.29, 0.717) is 49.6 Å². The van der Waals surface area contributed by atoms with Crippen LogP contribution in [-0.2, 0) is 11.2 Å². The number of likely N-dealkylation sites (tertiary alicyclic amines) is 1. The van der Waals surface area contributed by atoms with E-state index in [-0.39, 0.29) is 11.5 Å². The molecular formula is C23H25FN6O2. The summed E-state index contributed by atoms with van der Waals surface area (Å²) in [6.07, 6.45) is 2.77. The second-order valence-corrected chi connectivity index (χ2v) is 8.16. The number of aromatic amines is 1. The van der Waals surface area contributed by atoms with Gasteiger partial charge in [0.25, 0.3) is 5.91 Å². The Balaban J connectivity index is 1.47. The number of hydrogen-bond acceptors (Lipinski definition) is 5. The summed E-state index contributed by atoms with van der Waals surface area (Å²) in [5, 5.41) is 9.82. The molecule has 2 aromatic heterocycles. The van der Waals surface area contributed by atoms with E-state index in [1.807, 2.05) is 18.2 Å². The lowest BCUT2D eigenvalue weighted by Gasteiger charge is -2.39. The number of benzene rings is 1. The first-order chi connectivity index (χ1) is 15.4. The Morgan fingerprint density at radius 1 is 1.19 bits per heavy atom. The first kappa shape index (κ1) is 21.5. The van der Waals surface area contributed by atoms with Crippen molar-refractivity contribution in [3.63, 3.8) is 0 Å². The maximum Gasteiger partial charge on any atom is 0.256 e. The van der Waals surface area contributed by atoms with Gasteiger partial charge in [0.05, 0.1) is 17.2 Å². The summed E-state index contributed by atoms with van der Waals surface area (Å²) in [5.41, 5.74) is 6.19. The molecule has 4 rings (SSSR count). The summed E-state index contributed by atoms with van der Waals surface area (Å²) < 4.78 is 14.4. The van der Waals surface area contributed by atoms with Gasteiger partial charge >= 0.3 is 0 Å². The smallest absolute Gasteiger partial charge is 0.256 e. The number of amides is 2. The van der Waals surface area contributed by atoms with Crippen LogP contribution in [0.1, 0.15) is 34.5 Å². The van der Waals surface area contributed by atoms with Crippen LogP contribution < -0.4 is 11.1 Å². The number of piperidine rings is 1. The van der Waals surface area contributed by atoms with Gasteiger partial charge in [-0.15, -0.1) is 0 Å². The zero-order valence-corrected chi connectivity index (χ0v) is 17.8. The molecule has 3 aromatic rings. The fourth-order valence-corrected chi connectivity index (χ4v) is 4.09. The molecule has 1 fully saturated rings. The number of nitrogens with zero attached hydrogens (tertiary/aromatic N) is 3. The first-order valence-corrected chi connectivity index (χ1v) is 10.4. The van der Waals surface area contributed by atoms with Crippen molar-refractivity contribution in [3.8, 4) is 0 Å². The number of aryl methyl sites for hydroxylation is 1. The van der Waals surface area contributed by atoms with Crippen LogP contribution in [0, 0.1) is 18.2 Å². The number of anilines is 2. The highest BCUT2D eigenvalue weighted by molar-refractivity contribution is 5.95. The quantitative estimate of drug-likeness (QED) is 0.549. The topological polar surface area (TPSA) is 117 Å². The minimum atomic E-state index is -0.818. The number of aromatic nitrogens is 3. The molecule has 0 atom stereocenters. The van der Waals surface area contributed by atoms with E-state index < -0.39 is 17.1 Å². The molecule has 2 amide bonds. The van der Waals surface area contributed by atoms with E-state index in [0.717, 1.165) is 5.69 Å². The lowest BCUT2D eigenvalue weighted by atomic mass is 9.74. The van der Waals surface area contributed by atoms with Crippen LogP contribution in [0.4, 0.5) is 16.0 Å².